The van der Waals surface area contributed by atoms with Crippen molar-refractivity contribution in [3.63, 3.8) is 0 Å². The predicted octanol–water partition coefficient (Wildman–Crippen LogP) is 4.86. The Balaban J connectivity index is 1.66. The number of benzene rings is 3. The Hall–Kier alpha value is -4.06. The largest absolute Gasteiger partial charge is 0.497 e. The Labute approximate surface area is 201 Å². The van der Waals surface area contributed by atoms with Crippen LogP contribution in [0.25, 0.3) is 6.08 Å². The van der Waals surface area contributed by atoms with Crippen LogP contribution in [0.4, 0.5) is 10.1 Å². The molecule has 6 heteroatoms. The summed E-state index contributed by atoms with van der Waals surface area (Å²) >= 11 is 0. The second-order valence-electron chi connectivity index (χ2n) is 9.29. The highest BCUT2D eigenvalue weighted by Gasteiger charge is 2.71. The number of carbonyl (C=O) groups excluding carboxylic acids is 3. The SMILES string of the molecule is COc1ccc([C@@H]2[C@@H](C(C)=O)N3c4ccc(F)cc4C=C[C@@H]3C23C(=O)c2ccccc2C3=O)cc1. The number of nitrogens with zero attached hydrogens (tertiary/aromatic N) is 1. The van der Waals surface area contributed by atoms with Crippen molar-refractivity contribution >= 4 is 29.1 Å². The second-order valence-corrected chi connectivity index (χ2v) is 9.29. The number of fused-ring (bicyclic) bond motifs is 5. The summed E-state index contributed by atoms with van der Waals surface area (Å²) in [4.78, 5) is 43.7. The number of Topliss-reactive ketones (excluding diaryl/α,β-unsaturated/α-hetero) is 3. The number of hydrogen-bond donors (Lipinski definition) is 0. The highest BCUT2D eigenvalue weighted by molar-refractivity contribution is 6.32. The van der Waals surface area contributed by atoms with Crippen LogP contribution in [0, 0.1) is 11.2 Å². The zero-order valence-corrected chi connectivity index (χ0v) is 19.2. The van der Waals surface area contributed by atoms with Gasteiger partial charge in [-0.1, -0.05) is 48.6 Å². The quantitative estimate of drug-likeness (QED) is 0.515. The normalized spacial score (nSPS) is 23.3. The van der Waals surface area contributed by atoms with E-state index in [1.807, 2.05) is 17.0 Å². The average Bonchev–Trinajstić information content (AvgIpc) is 3.30. The molecule has 0 bridgehead atoms. The summed E-state index contributed by atoms with van der Waals surface area (Å²) in [6.07, 6.45) is 3.53. The highest BCUT2D eigenvalue weighted by Crippen LogP contribution is 2.60. The number of hydrogen-bond acceptors (Lipinski definition) is 5. The molecule has 0 aromatic heterocycles. The lowest BCUT2D eigenvalue weighted by Gasteiger charge is -2.37. The van der Waals surface area contributed by atoms with E-state index in [9.17, 15) is 18.8 Å². The molecule has 0 N–H and O–H groups in total. The molecule has 0 radical (unpaired) electrons. The van der Waals surface area contributed by atoms with Crippen LogP contribution in [0.1, 0.15) is 44.7 Å². The molecule has 1 saturated heterocycles. The van der Waals surface area contributed by atoms with Crippen molar-refractivity contribution in [3.8, 4) is 5.75 Å². The van der Waals surface area contributed by atoms with E-state index < -0.39 is 29.2 Å². The second kappa shape index (κ2) is 7.47. The van der Waals surface area contributed by atoms with Crippen LogP contribution in [0.3, 0.4) is 0 Å². The Morgan fingerprint density at radius 2 is 1.63 bits per heavy atom. The van der Waals surface area contributed by atoms with Crippen LogP contribution >= 0.6 is 0 Å². The molecule has 1 spiro atoms. The van der Waals surface area contributed by atoms with Crippen LogP contribution in [0.15, 0.2) is 72.8 Å². The van der Waals surface area contributed by atoms with Gasteiger partial charge in [0.15, 0.2) is 17.3 Å². The number of methoxy groups -OCH3 is 1. The number of carbonyl (C=O) groups is 3. The summed E-state index contributed by atoms with van der Waals surface area (Å²) in [5, 5.41) is 0. The fourth-order valence-corrected chi connectivity index (χ4v) is 6.29. The zero-order valence-electron chi connectivity index (χ0n) is 19.2. The average molecular weight is 467 g/mol. The Bertz CT molecular complexity index is 1410. The minimum atomic E-state index is -1.53. The molecule has 1 aliphatic carbocycles. The fraction of sp³-hybridized carbons (Fsp3) is 0.207. The van der Waals surface area contributed by atoms with Gasteiger partial charge in [0.25, 0.3) is 0 Å². The number of anilines is 1. The molecular weight excluding hydrogens is 445 g/mol. The first-order valence-electron chi connectivity index (χ1n) is 11.5. The van der Waals surface area contributed by atoms with E-state index >= 15 is 0 Å². The Morgan fingerprint density at radius 1 is 0.971 bits per heavy atom. The van der Waals surface area contributed by atoms with Crippen LogP contribution in [-0.4, -0.2) is 36.5 Å². The van der Waals surface area contributed by atoms with Gasteiger partial charge in [-0.05, 0) is 42.8 Å². The highest BCUT2D eigenvalue weighted by atomic mass is 19.1. The van der Waals surface area contributed by atoms with E-state index in [0.29, 0.717) is 33.7 Å². The van der Waals surface area contributed by atoms with E-state index in [1.54, 1.807) is 61.7 Å². The molecule has 2 heterocycles. The monoisotopic (exact) mass is 467 g/mol. The van der Waals surface area contributed by atoms with Crippen LogP contribution in [0.2, 0.25) is 0 Å². The molecule has 1 fully saturated rings. The summed E-state index contributed by atoms with van der Waals surface area (Å²) in [5.41, 5.74) is 1.15. The summed E-state index contributed by atoms with van der Waals surface area (Å²) in [6.45, 7) is 1.48. The van der Waals surface area contributed by atoms with Gasteiger partial charge >= 0.3 is 0 Å². The maximum Gasteiger partial charge on any atom is 0.180 e. The van der Waals surface area contributed by atoms with E-state index in [0.717, 1.165) is 0 Å². The van der Waals surface area contributed by atoms with Crippen LogP contribution < -0.4 is 9.64 Å². The van der Waals surface area contributed by atoms with Gasteiger partial charge in [-0.2, -0.15) is 0 Å². The van der Waals surface area contributed by atoms with Gasteiger partial charge in [0.05, 0.1) is 19.2 Å². The molecule has 3 atom stereocenters. The minimum Gasteiger partial charge on any atom is -0.497 e. The molecule has 3 aromatic carbocycles. The summed E-state index contributed by atoms with van der Waals surface area (Å²) < 4.78 is 19.4. The van der Waals surface area contributed by atoms with Crippen molar-refractivity contribution in [2.45, 2.75) is 24.9 Å². The van der Waals surface area contributed by atoms with Crippen molar-refractivity contribution in [1.82, 2.24) is 0 Å². The predicted molar refractivity (Wildman–Crippen MR) is 129 cm³/mol. The van der Waals surface area contributed by atoms with E-state index in [4.69, 9.17) is 4.74 Å². The number of ketones is 3. The molecule has 35 heavy (non-hydrogen) atoms. The number of ether oxygens (including phenoxy) is 1. The summed E-state index contributed by atoms with van der Waals surface area (Å²) in [6, 6.07) is 16.9. The molecule has 6 rings (SSSR count). The van der Waals surface area contributed by atoms with Crippen LogP contribution in [-0.2, 0) is 4.79 Å². The van der Waals surface area contributed by atoms with Gasteiger partial charge in [0.2, 0.25) is 0 Å². The standard InChI is InChI=1S/C29H22FNO4/c1-16(32)26-25(17-7-11-20(35-2)12-8-17)29(27(33)21-5-3-4-6-22(21)28(29)34)24-14-9-18-15-19(30)10-13-23(18)31(24)26/h3-15,24-26H,1-2H3/t24-,25-,26-/m1/s1. The molecule has 3 aromatic rings. The summed E-state index contributed by atoms with van der Waals surface area (Å²) in [5.74, 6) is -1.25. The van der Waals surface area contributed by atoms with Gasteiger partial charge in [-0.15, -0.1) is 0 Å². The molecular formula is C29H22FNO4. The van der Waals surface area contributed by atoms with Gasteiger partial charge in [0, 0.05) is 28.3 Å². The van der Waals surface area contributed by atoms with Gasteiger partial charge < -0.3 is 9.64 Å². The van der Waals surface area contributed by atoms with Gasteiger partial charge in [-0.25, -0.2) is 4.39 Å². The number of halogens is 1. The zero-order chi connectivity index (χ0) is 24.5. The molecule has 5 nitrogen and oxygen atoms in total. The van der Waals surface area contributed by atoms with E-state index in [2.05, 4.69) is 0 Å². The Morgan fingerprint density at radius 3 is 2.23 bits per heavy atom. The van der Waals surface area contributed by atoms with Crippen molar-refractivity contribution in [1.29, 1.82) is 0 Å². The third-order valence-electron chi connectivity index (χ3n) is 7.66. The van der Waals surface area contributed by atoms with Crippen molar-refractivity contribution < 1.29 is 23.5 Å². The fourth-order valence-electron chi connectivity index (χ4n) is 6.29. The van der Waals surface area contributed by atoms with Gasteiger partial charge in [-0.3, -0.25) is 14.4 Å². The molecule has 0 saturated carbocycles. The molecule has 2 aliphatic heterocycles. The van der Waals surface area contributed by atoms with Crippen molar-refractivity contribution in [2.24, 2.45) is 5.41 Å². The van der Waals surface area contributed by atoms with E-state index in [-0.39, 0.29) is 17.3 Å². The first-order chi connectivity index (χ1) is 16.9. The maximum absolute atomic E-state index is 14.2. The Kier molecular flexibility index (Phi) is 4.58. The molecule has 0 unspecified atom stereocenters. The van der Waals surface area contributed by atoms with Crippen molar-refractivity contribution in [3.05, 3.63) is 101 Å². The maximum atomic E-state index is 14.2. The lowest BCUT2D eigenvalue weighted by Crippen LogP contribution is -2.48. The lowest BCUT2D eigenvalue weighted by molar-refractivity contribution is -0.118. The first-order valence-corrected chi connectivity index (χ1v) is 11.5. The smallest absolute Gasteiger partial charge is 0.180 e. The third kappa shape index (κ3) is 2.71. The third-order valence-corrected chi connectivity index (χ3v) is 7.66. The number of rotatable bonds is 3. The van der Waals surface area contributed by atoms with E-state index in [1.165, 1.54) is 19.1 Å². The first kappa shape index (κ1) is 21.5. The molecule has 0 amide bonds. The minimum absolute atomic E-state index is 0.171. The molecule has 174 valence electrons. The topological polar surface area (TPSA) is 63.7 Å². The van der Waals surface area contributed by atoms with Crippen molar-refractivity contribution in [2.75, 3.05) is 12.0 Å². The van der Waals surface area contributed by atoms with Crippen LogP contribution in [0.5, 0.6) is 5.75 Å². The lowest BCUT2D eigenvalue weighted by atomic mass is 9.64. The van der Waals surface area contributed by atoms with Gasteiger partial charge in [0.1, 0.15) is 17.0 Å². The molecule has 3 aliphatic rings. The summed E-state index contributed by atoms with van der Waals surface area (Å²) in [7, 11) is 1.56.